The number of carbonyl (C=O) groups is 1. The number of anilines is 1. The van der Waals surface area contributed by atoms with Gasteiger partial charge in [-0.3, -0.25) is 9.59 Å². The van der Waals surface area contributed by atoms with Crippen molar-refractivity contribution in [1.82, 2.24) is 4.57 Å². The van der Waals surface area contributed by atoms with Crippen LogP contribution in [0.4, 0.5) is 5.69 Å². The van der Waals surface area contributed by atoms with Gasteiger partial charge in [-0.05, 0) is 56.5 Å². The molecule has 2 aromatic carbocycles. The molecule has 0 atom stereocenters. The van der Waals surface area contributed by atoms with E-state index in [0.717, 1.165) is 27.9 Å². The van der Waals surface area contributed by atoms with Crippen molar-refractivity contribution in [3.8, 4) is 0 Å². The van der Waals surface area contributed by atoms with Gasteiger partial charge in [0.15, 0.2) is 0 Å². The van der Waals surface area contributed by atoms with E-state index in [9.17, 15) is 9.59 Å². The van der Waals surface area contributed by atoms with Gasteiger partial charge in [0.1, 0.15) is 0 Å². The number of aryl methyl sites for hydroxylation is 3. The molecule has 0 fully saturated rings. The van der Waals surface area contributed by atoms with Gasteiger partial charge in [0, 0.05) is 24.5 Å². The standard InChI is InChI=1S/C24H26N2O2/c1-5-26(22-9-7-6-8-19(22)4)24(28)20-12-13-23(27)25(15-20)16-21-14-17(2)10-11-18(21)3/h6-15H,5,16H2,1-4H3. The molecule has 0 N–H and O–H groups in total. The first-order chi connectivity index (χ1) is 13.4. The fourth-order valence-electron chi connectivity index (χ4n) is 3.38. The van der Waals surface area contributed by atoms with E-state index in [0.29, 0.717) is 18.7 Å². The molecule has 4 nitrogen and oxygen atoms in total. The summed E-state index contributed by atoms with van der Waals surface area (Å²) in [6, 6.07) is 17.1. The number of rotatable bonds is 5. The quantitative estimate of drug-likeness (QED) is 0.660. The smallest absolute Gasteiger partial charge is 0.259 e. The maximum Gasteiger partial charge on any atom is 0.259 e. The summed E-state index contributed by atoms with van der Waals surface area (Å²) in [6.45, 7) is 9.02. The van der Waals surface area contributed by atoms with Crippen LogP contribution in [-0.4, -0.2) is 17.0 Å². The first kappa shape index (κ1) is 19.6. The summed E-state index contributed by atoms with van der Waals surface area (Å²) >= 11 is 0. The molecular formula is C24H26N2O2. The molecule has 0 bridgehead atoms. The van der Waals surface area contributed by atoms with E-state index in [2.05, 4.69) is 18.2 Å². The van der Waals surface area contributed by atoms with E-state index < -0.39 is 0 Å². The Morgan fingerprint density at radius 2 is 1.71 bits per heavy atom. The summed E-state index contributed by atoms with van der Waals surface area (Å²) in [4.78, 5) is 27.3. The number of carbonyl (C=O) groups excluding carboxylic acids is 1. The van der Waals surface area contributed by atoms with E-state index >= 15 is 0 Å². The molecular weight excluding hydrogens is 348 g/mol. The second-order valence-corrected chi connectivity index (χ2v) is 7.15. The van der Waals surface area contributed by atoms with Gasteiger partial charge in [-0.2, -0.15) is 0 Å². The summed E-state index contributed by atoms with van der Waals surface area (Å²) in [5.41, 5.74) is 5.69. The molecule has 0 aliphatic carbocycles. The molecule has 3 aromatic rings. The number of aromatic nitrogens is 1. The largest absolute Gasteiger partial charge is 0.310 e. The van der Waals surface area contributed by atoms with Crippen LogP contribution in [-0.2, 0) is 6.54 Å². The van der Waals surface area contributed by atoms with Crippen molar-refractivity contribution >= 4 is 11.6 Å². The maximum atomic E-state index is 13.2. The van der Waals surface area contributed by atoms with Crippen molar-refractivity contribution in [3.63, 3.8) is 0 Å². The molecule has 1 aromatic heterocycles. The van der Waals surface area contributed by atoms with Crippen molar-refractivity contribution in [2.24, 2.45) is 0 Å². The van der Waals surface area contributed by atoms with Gasteiger partial charge in [-0.25, -0.2) is 0 Å². The Bertz CT molecular complexity index is 1070. The molecule has 0 unspecified atom stereocenters. The van der Waals surface area contributed by atoms with Crippen LogP contribution in [0.5, 0.6) is 0 Å². The summed E-state index contributed by atoms with van der Waals surface area (Å²) in [5.74, 6) is -0.105. The van der Waals surface area contributed by atoms with Crippen LogP contribution in [0.15, 0.2) is 65.6 Å². The lowest BCUT2D eigenvalue weighted by atomic mass is 10.1. The number of benzene rings is 2. The zero-order chi connectivity index (χ0) is 20.3. The second-order valence-electron chi connectivity index (χ2n) is 7.15. The topological polar surface area (TPSA) is 42.3 Å². The van der Waals surface area contributed by atoms with Crippen LogP contribution in [0.2, 0.25) is 0 Å². The monoisotopic (exact) mass is 374 g/mol. The number of pyridine rings is 1. The lowest BCUT2D eigenvalue weighted by molar-refractivity contribution is 0.0987. The molecule has 1 heterocycles. The van der Waals surface area contributed by atoms with Gasteiger partial charge in [0.05, 0.1) is 12.1 Å². The third-order valence-electron chi connectivity index (χ3n) is 5.04. The highest BCUT2D eigenvalue weighted by Crippen LogP contribution is 2.21. The Hall–Kier alpha value is -3.14. The van der Waals surface area contributed by atoms with Gasteiger partial charge < -0.3 is 9.47 Å². The first-order valence-electron chi connectivity index (χ1n) is 9.55. The predicted molar refractivity (Wildman–Crippen MR) is 114 cm³/mol. The van der Waals surface area contributed by atoms with Crippen LogP contribution in [0, 0.1) is 20.8 Å². The molecule has 0 spiro atoms. The normalized spacial score (nSPS) is 10.7. The Kier molecular flexibility index (Phi) is 5.78. The second kappa shape index (κ2) is 8.26. The molecule has 1 amide bonds. The maximum absolute atomic E-state index is 13.2. The number of amides is 1. The third kappa shape index (κ3) is 4.06. The van der Waals surface area contributed by atoms with E-state index in [-0.39, 0.29) is 11.5 Å². The van der Waals surface area contributed by atoms with Crippen LogP contribution >= 0.6 is 0 Å². The van der Waals surface area contributed by atoms with Crippen molar-refractivity contribution in [3.05, 3.63) is 99.0 Å². The molecule has 0 aliphatic rings. The fraction of sp³-hybridized carbons (Fsp3) is 0.250. The summed E-state index contributed by atoms with van der Waals surface area (Å²) in [6.07, 6.45) is 1.67. The predicted octanol–water partition coefficient (Wildman–Crippen LogP) is 4.49. The minimum Gasteiger partial charge on any atom is -0.310 e. The zero-order valence-electron chi connectivity index (χ0n) is 16.9. The fourth-order valence-corrected chi connectivity index (χ4v) is 3.38. The molecule has 144 valence electrons. The molecule has 28 heavy (non-hydrogen) atoms. The van der Waals surface area contributed by atoms with Crippen molar-refractivity contribution in [2.45, 2.75) is 34.2 Å². The third-order valence-corrected chi connectivity index (χ3v) is 5.04. The number of hydrogen-bond donors (Lipinski definition) is 0. The molecule has 4 heteroatoms. The van der Waals surface area contributed by atoms with Crippen LogP contribution in [0.3, 0.4) is 0 Å². The van der Waals surface area contributed by atoms with Gasteiger partial charge in [0.25, 0.3) is 11.5 Å². The Morgan fingerprint density at radius 1 is 0.964 bits per heavy atom. The van der Waals surface area contributed by atoms with Crippen molar-refractivity contribution in [1.29, 1.82) is 0 Å². The van der Waals surface area contributed by atoms with E-state index in [1.54, 1.807) is 21.7 Å². The molecule has 0 saturated carbocycles. The number of nitrogens with zero attached hydrogens (tertiary/aromatic N) is 2. The zero-order valence-corrected chi connectivity index (χ0v) is 16.9. The molecule has 3 rings (SSSR count). The highest BCUT2D eigenvalue weighted by Gasteiger charge is 2.18. The minimum atomic E-state index is -0.114. The average Bonchev–Trinajstić information content (AvgIpc) is 2.68. The Labute approximate surface area is 166 Å². The van der Waals surface area contributed by atoms with E-state index in [4.69, 9.17) is 0 Å². The van der Waals surface area contributed by atoms with Gasteiger partial charge >= 0.3 is 0 Å². The van der Waals surface area contributed by atoms with E-state index in [1.807, 2.05) is 52.0 Å². The van der Waals surface area contributed by atoms with Gasteiger partial charge in [-0.1, -0.05) is 42.0 Å². The highest BCUT2D eigenvalue weighted by molar-refractivity contribution is 6.06. The minimum absolute atomic E-state index is 0.105. The lowest BCUT2D eigenvalue weighted by Crippen LogP contribution is -2.32. The molecule has 0 aliphatic heterocycles. The van der Waals surface area contributed by atoms with Gasteiger partial charge in [0.2, 0.25) is 0 Å². The van der Waals surface area contributed by atoms with Crippen molar-refractivity contribution < 1.29 is 4.79 Å². The summed E-state index contributed by atoms with van der Waals surface area (Å²) < 4.78 is 1.61. The average molecular weight is 374 g/mol. The number of para-hydroxylation sites is 1. The van der Waals surface area contributed by atoms with Crippen molar-refractivity contribution in [2.75, 3.05) is 11.4 Å². The number of hydrogen-bond acceptors (Lipinski definition) is 2. The molecule has 0 saturated heterocycles. The Balaban J connectivity index is 1.96. The highest BCUT2D eigenvalue weighted by atomic mass is 16.2. The SMILES string of the molecule is CCN(C(=O)c1ccc(=O)n(Cc2cc(C)ccc2C)c1)c1ccccc1C. The van der Waals surface area contributed by atoms with Crippen LogP contribution in [0.25, 0.3) is 0 Å². The van der Waals surface area contributed by atoms with Crippen LogP contribution in [0.1, 0.15) is 39.5 Å². The Morgan fingerprint density at radius 3 is 2.43 bits per heavy atom. The van der Waals surface area contributed by atoms with Crippen LogP contribution < -0.4 is 10.5 Å². The first-order valence-corrected chi connectivity index (χ1v) is 9.55. The molecule has 0 radical (unpaired) electrons. The van der Waals surface area contributed by atoms with Gasteiger partial charge in [-0.15, -0.1) is 0 Å². The lowest BCUT2D eigenvalue weighted by Gasteiger charge is -2.23. The summed E-state index contributed by atoms with van der Waals surface area (Å²) in [5, 5.41) is 0. The summed E-state index contributed by atoms with van der Waals surface area (Å²) in [7, 11) is 0. The van der Waals surface area contributed by atoms with E-state index in [1.165, 1.54) is 6.07 Å².